The van der Waals surface area contributed by atoms with Crippen LogP contribution < -0.4 is 16.0 Å². The maximum atomic E-state index is 12.7. The summed E-state index contributed by atoms with van der Waals surface area (Å²) in [7, 11) is 0. The number of hydrogen-bond acceptors (Lipinski definition) is 3. The van der Waals surface area contributed by atoms with Crippen LogP contribution in [0.2, 0.25) is 0 Å². The molecule has 132 valence electrons. The minimum atomic E-state index is -0.251. The van der Waals surface area contributed by atoms with Crippen molar-refractivity contribution in [3.05, 3.63) is 24.3 Å². The molecule has 1 aliphatic heterocycles. The van der Waals surface area contributed by atoms with E-state index < -0.39 is 0 Å². The number of rotatable bonds is 5. The molecule has 1 aromatic rings. The Bertz CT molecular complexity index is 574. The molecule has 6 heteroatoms. The molecule has 0 radical (unpaired) electrons. The molecule has 2 rings (SSSR count). The number of amides is 3. The summed E-state index contributed by atoms with van der Waals surface area (Å²) < 4.78 is 0. The molecule has 6 nitrogen and oxygen atoms in total. The number of benzene rings is 1. The number of likely N-dealkylation sites (tertiary alicyclic amines) is 1. The van der Waals surface area contributed by atoms with E-state index in [-0.39, 0.29) is 18.0 Å². The molecule has 0 spiro atoms. The average Bonchev–Trinajstić information content (AvgIpc) is 2.55. The normalized spacial score (nSPS) is 18.2. The van der Waals surface area contributed by atoms with Crippen molar-refractivity contribution in [3.63, 3.8) is 0 Å². The van der Waals surface area contributed by atoms with Gasteiger partial charge in [0.05, 0.1) is 6.04 Å². The number of nitrogens with one attached hydrogen (secondary N) is 3. The van der Waals surface area contributed by atoms with Gasteiger partial charge in [0.1, 0.15) is 0 Å². The minimum Gasteiger partial charge on any atom is -0.338 e. The Balaban J connectivity index is 2.01. The summed E-state index contributed by atoms with van der Waals surface area (Å²) in [6.07, 6.45) is 3.12. The van der Waals surface area contributed by atoms with Gasteiger partial charge in [-0.05, 0) is 58.4 Å². The first-order chi connectivity index (χ1) is 11.5. The third-order valence-electron chi connectivity index (χ3n) is 4.24. The number of piperidine rings is 1. The van der Waals surface area contributed by atoms with Crippen molar-refractivity contribution in [2.75, 3.05) is 23.7 Å². The second kappa shape index (κ2) is 8.68. The number of nitrogens with zero attached hydrogens (tertiary/aromatic N) is 1. The highest BCUT2D eigenvalue weighted by molar-refractivity contribution is 5.96. The fourth-order valence-electron chi connectivity index (χ4n) is 3.09. The molecule has 0 bridgehead atoms. The minimum absolute atomic E-state index is 0.0264. The number of hydrogen-bond donors (Lipinski definition) is 3. The van der Waals surface area contributed by atoms with E-state index in [2.05, 4.69) is 34.7 Å². The van der Waals surface area contributed by atoms with Crippen LogP contribution in [0.4, 0.5) is 16.2 Å². The standard InChI is InChI=1S/C18H28N4O2/c1-4-19-18(24)21-15-9-7-8-14(12-15)20-17(23)16-10-5-6-11-22(16)13(2)3/h7-9,12-13,16H,4-6,10-11H2,1-3H3,(H,20,23)(H2,19,21,24). The number of carbonyl (C=O) groups is 2. The first-order valence-electron chi connectivity index (χ1n) is 8.72. The fourth-order valence-corrected chi connectivity index (χ4v) is 3.09. The third-order valence-corrected chi connectivity index (χ3v) is 4.24. The summed E-state index contributed by atoms with van der Waals surface area (Å²) >= 11 is 0. The van der Waals surface area contributed by atoms with Crippen molar-refractivity contribution < 1.29 is 9.59 Å². The van der Waals surface area contributed by atoms with Crippen LogP contribution in [0.25, 0.3) is 0 Å². The van der Waals surface area contributed by atoms with Gasteiger partial charge in [-0.1, -0.05) is 12.5 Å². The molecule has 0 saturated carbocycles. The molecule has 1 heterocycles. The third kappa shape index (κ3) is 4.96. The molecule has 1 fully saturated rings. The second-order valence-electron chi connectivity index (χ2n) is 6.40. The summed E-state index contributed by atoms with van der Waals surface area (Å²) in [4.78, 5) is 26.5. The highest BCUT2D eigenvalue weighted by atomic mass is 16.2. The van der Waals surface area contributed by atoms with E-state index in [1.165, 1.54) is 0 Å². The van der Waals surface area contributed by atoms with Crippen LogP contribution >= 0.6 is 0 Å². The Labute approximate surface area is 144 Å². The van der Waals surface area contributed by atoms with Gasteiger partial charge in [0, 0.05) is 24.0 Å². The summed E-state index contributed by atoms with van der Waals surface area (Å²) in [5.41, 5.74) is 1.35. The molecule has 0 aliphatic carbocycles. The lowest BCUT2D eigenvalue weighted by Gasteiger charge is -2.37. The molecule has 24 heavy (non-hydrogen) atoms. The van der Waals surface area contributed by atoms with Crippen LogP contribution in [0.1, 0.15) is 40.0 Å². The lowest BCUT2D eigenvalue weighted by Crippen LogP contribution is -2.50. The molecule has 1 unspecified atom stereocenters. The van der Waals surface area contributed by atoms with Crippen molar-refractivity contribution >= 4 is 23.3 Å². The van der Waals surface area contributed by atoms with Crippen LogP contribution in [0.5, 0.6) is 0 Å². The molecular weight excluding hydrogens is 304 g/mol. The molecule has 0 aromatic heterocycles. The summed E-state index contributed by atoms with van der Waals surface area (Å²) in [6.45, 7) is 7.65. The number of anilines is 2. The lowest BCUT2D eigenvalue weighted by molar-refractivity contribution is -0.123. The first kappa shape index (κ1) is 18.3. The smallest absolute Gasteiger partial charge is 0.319 e. The molecule has 3 N–H and O–H groups in total. The fraction of sp³-hybridized carbons (Fsp3) is 0.556. The predicted molar refractivity (Wildman–Crippen MR) is 97.2 cm³/mol. The van der Waals surface area contributed by atoms with Crippen molar-refractivity contribution in [2.45, 2.75) is 52.1 Å². The van der Waals surface area contributed by atoms with Gasteiger partial charge in [-0.3, -0.25) is 9.69 Å². The van der Waals surface area contributed by atoms with Gasteiger partial charge in [0.15, 0.2) is 0 Å². The zero-order chi connectivity index (χ0) is 17.5. The monoisotopic (exact) mass is 332 g/mol. The molecule has 3 amide bonds. The largest absolute Gasteiger partial charge is 0.338 e. The predicted octanol–water partition coefficient (Wildman–Crippen LogP) is 3.03. The molecular formula is C18H28N4O2. The molecule has 1 aromatic carbocycles. The van der Waals surface area contributed by atoms with E-state index >= 15 is 0 Å². The van der Waals surface area contributed by atoms with Gasteiger partial charge in [-0.25, -0.2) is 4.79 Å². The molecule has 1 aliphatic rings. The van der Waals surface area contributed by atoms with E-state index in [0.29, 0.717) is 24.0 Å². The van der Waals surface area contributed by atoms with Crippen LogP contribution in [-0.2, 0) is 4.79 Å². The van der Waals surface area contributed by atoms with Gasteiger partial charge in [-0.15, -0.1) is 0 Å². The van der Waals surface area contributed by atoms with E-state index in [0.717, 1.165) is 25.8 Å². The van der Waals surface area contributed by atoms with E-state index in [1.54, 1.807) is 12.1 Å². The average molecular weight is 332 g/mol. The van der Waals surface area contributed by atoms with E-state index in [4.69, 9.17) is 0 Å². The van der Waals surface area contributed by atoms with Gasteiger partial charge >= 0.3 is 6.03 Å². The van der Waals surface area contributed by atoms with Gasteiger partial charge in [-0.2, -0.15) is 0 Å². The number of urea groups is 1. The Morgan fingerprint density at radius 3 is 2.58 bits per heavy atom. The summed E-state index contributed by atoms with van der Waals surface area (Å²) in [5, 5.41) is 8.42. The SMILES string of the molecule is CCNC(=O)Nc1cccc(NC(=O)C2CCCCN2C(C)C)c1. The number of carbonyl (C=O) groups excluding carboxylic acids is 2. The maximum Gasteiger partial charge on any atom is 0.319 e. The van der Waals surface area contributed by atoms with Crippen LogP contribution in [0, 0.1) is 0 Å². The Morgan fingerprint density at radius 2 is 1.92 bits per heavy atom. The first-order valence-corrected chi connectivity index (χ1v) is 8.72. The van der Waals surface area contributed by atoms with Crippen molar-refractivity contribution in [1.82, 2.24) is 10.2 Å². The zero-order valence-corrected chi connectivity index (χ0v) is 14.8. The van der Waals surface area contributed by atoms with E-state index in [9.17, 15) is 9.59 Å². The highest BCUT2D eigenvalue weighted by Crippen LogP contribution is 2.22. The molecule has 1 saturated heterocycles. The summed E-state index contributed by atoms with van der Waals surface area (Å²) in [5.74, 6) is 0.0264. The Morgan fingerprint density at radius 1 is 1.21 bits per heavy atom. The van der Waals surface area contributed by atoms with Crippen molar-refractivity contribution in [1.29, 1.82) is 0 Å². The highest BCUT2D eigenvalue weighted by Gasteiger charge is 2.30. The van der Waals surface area contributed by atoms with Crippen molar-refractivity contribution in [2.24, 2.45) is 0 Å². The quantitative estimate of drug-likeness (QED) is 0.776. The Kier molecular flexibility index (Phi) is 6.61. The lowest BCUT2D eigenvalue weighted by atomic mass is 9.99. The second-order valence-corrected chi connectivity index (χ2v) is 6.40. The van der Waals surface area contributed by atoms with Crippen LogP contribution in [-0.4, -0.2) is 42.0 Å². The zero-order valence-electron chi connectivity index (χ0n) is 14.8. The maximum absolute atomic E-state index is 12.7. The summed E-state index contributed by atoms with van der Waals surface area (Å²) in [6, 6.07) is 7.24. The van der Waals surface area contributed by atoms with Gasteiger partial charge in [0.25, 0.3) is 0 Å². The van der Waals surface area contributed by atoms with Crippen LogP contribution in [0.15, 0.2) is 24.3 Å². The Hall–Kier alpha value is -2.08. The van der Waals surface area contributed by atoms with Crippen molar-refractivity contribution in [3.8, 4) is 0 Å². The van der Waals surface area contributed by atoms with E-state index in [1.807, 2.05) is 19.1 Å². The van der Waals surface area contributed by atoms with Gasteiger partial charge in [0.2, 0.25) is 5.91 Å². The molecule has 1 atom stereocenters. The van der Waals surface area contributed by atoms with Gasteiger partial charge < -0.3 is 16.0 Å². The topological polar surface area (TPSA) is 73.5 Å². The van der Waals surface area contributed by atoms with Crippen LogP contribution in [0.3, 0.4) is 0 Å².